The second kappa shape index (κ2) is 12.1. The second-order valence-electron chi connectivity index (χ2n) is 12.8. The minimum Gasteiger partial charge on any atom is -0.436 e. The number of rotatable bonds is 6. The monoisotopic (exact) mass is 670 g/mol. The maximum atomic E-state index is 6.67. The fourth-order valence-electron chi connectivity index (χ4n) is 7.28. The van der Waals surface area contributed by atoms with E-state index in [1.54, 1.807) is 0 Å². The molecule has 0 aliphatic carbocycles. The van der Waals surface area contributed by atoms with Crippen LogP contribution in [0.2, 0.25) is 0 Å². The molecule has 0 fully saturated rings. The van der Waals surface area contributed by atoms with Gasteiger partial charge in [-0.2, -0.15) is 0 Å². The average Bonchev–Trinajstić information content (AvgIpc) is 3.80. The summed E-state index contributed by atoms with van der Waals surface area (Å²) in [4.78, 5) is 7.70. The van der Waals surface area contributed by atoms with Crippen LogP contribution in [0.25, 0.3) is 75.8 Å². The molecule has 0 radical (unpaired) electrons. The zero-order chi connectivity index (χ0) is 33.7. The maximum Gasteiger partial charge on any atom is 0.227 e. The van der Waals surface area contributed by atoms with E-state index in [1.165, 1.54) is 37.5 Å². The molecule has 0 aliphatic heterocycles. The Hall–Kier alpha value is -6.49. The first-order valence-electron chi connectivity index (χ1n) is 17.1. The number of nitrogens with zero attached hydrogens (tertiary/aromatic N) is 2. The Bertz CT molecular complexity index is 2860. The maximum absolute atomic E-state index is 6.67. The molecule has 240 valence electrons. The van der Waals surface area contributed by atoms with Crippen LogP contribution < -0.4 is 4.90 Å². The van der Waals surface area contributed by atoms with Crippen molar-refractivity contribution >= 4 is 70.4 Å². The SMILES string of the molecule is c1ccc(-c2cccc(N(c3cc(-c4ccccc4)c4ccccc4c3)c3c4nc(-c5ccccc5)oc4cc4c3sc3ccccc34)c2)cc1. The largest absolute Gasteiger partial charge is 0.436 e. The summed E-state index contributed by atoms with van der Waals surface area (Å²) in [6.07, 6.45) is 0. The second-order valence-corrected chi connectivity index (χ2v) is 13.8. The third-order valence-corrected chi connectivity index (χ3v) is 10.8. The molecule has 10 rings (SSSR count). The van der Waals surface area contributed by atoms with Crippen molar-refractivity contribution in [2.75, 3.05) is 4.90 Å². The van der Waals surface area contributed by atoms with Crippen molar-refractivity contribution in [3.63, 3.8) is 0 Å². The normalized spacial score (nSPS) is 11.5. The highest BCUT2D eigenvalue weighted by molar-refractivity contribution is 7.26. The summed E-state index contributed by atoms with van der Waals surface area (Å²) < 4.78 is 9.06. The van der Waals surface area contributed by atoms with Crippen molar-refractivity contribution in [3.05, 3.63) is 182 Å². The smallest absolute Gasteiger partial charge is 0.227 e. The number of fused-ring (bicyclic) bond motifs is 5. The Labute approximate surface area is 299 Å². The van der Waals surface area contributed by atoms with Crippen LogP contribution in [-0.2, 0) is 0 Å². The van der Waals surface area contributed by atoms with E-state index in [-0.39, 0.29) is 0 Å². The molecule has 0 amide bonds. The number of anilines is 3. The van der Waals surface area contributed by atoms with Crippen molar-refractivity contribution in [2.45, 2.75) is 0 Å². The van der Waals surface area contributed by atoms with Crippen LogP contribution in [-0.4, -0.2) is 4.98 Å². The van der Waals surface area contributed by atoms with Crippen molar-refractivity contribution < 1.29 is 4.42 Å². The molecule has 0 spiro atoms. The lowest BCUT2D eigenvalue weighted by Gasteiger charge is -2.28. The Kier molecular flexibility index (Phi) is 7.00. The molecular weight excluding hydrogens is 641 g/mol. The molecule has 10 aromatic rings. The molecule has 4 heteroatoms. The Morgan fingerprint density at radius 2 is 1.12 bits per heavy atom. The number of benzene rings is 8. The highest BCUT2D eigenvalue weighted by atomic mass is 32.1. The minimum atomic E-state index is 0.607. The van der Waals surface area contributed by atoms with Crippen molar-refractivity contribution in [3.8, 4) is 33.7 Å². The summed E-state index contributed by atoms with van der Waals surface area (Å²) in [6, 6.07) is 64.5. The van der Waals surface area contributed by atoms with Gasteiger partial charge in [0.1, 0.15) is 5.52 Å². The first-order valence-corrected chi connectivity index (χ1v) is 17.9. The molecule has 3 nitrogen and oxygen atoms in total. The predicted octanol–water partition coefficient (Wildman–Crippen LogP) is 13.8. The van der Waals surface area contributed by atoms with E-state index in [4.69, 9.17) is 9.40 Å². The summed E-state index contributed by atoms with van der Waals surface area (Å²) in [6.45, 7) is 0. The van der Waals surface area contributed by atoms with E-state index in [1.807, 2.05) is 29.5 Å². The third-order valence-electron chi connectivity index (χ3n) is 9.65. The highest BCUT2D eigenvalue weighted by Crippen LogP contribution is 2.50. The van der Waals surface area contributed by atoms with Gasteiger partial charge in [0, 0.05) is 32.4 Å². The van der Waals surface area contributed by atoms with Gasteiger partial charge in [-0.05, 0) is 81.6 Å². The van der Waals surface area contributed by atoms with Crippen LogP contribution in [0, 0.1) is 0 Å². The lowest BCUT2D eigenvalue weighted by Crippen LogP contribution is -2.11. The van der Waals surface area contributed by atoms with Gasteiger partial charge in [-0.25, -0.2) is 4.98 Å². The Morgan fingerprint density at radius 1 is 0.471 bits per heavy atom. The fraction of sp³-hybridized carbons (Fsp3) is 0. The van der Waals surface area contributed by atoms with E-state index in [9.17, 15) is 0 Å². The molecule has 0 aliphatic rings. The molecule has 0 unspecified atom stereocenters. The summed E-state index contributed by atoms with van der Waals surface area (Å²) in [7, 11) is 0. The lowest BCUT2D eigenvalue weighted by molar-refractivity contribution is 0.620. The molecular formula is C47H30N2OS. The van der Waals surface area contributed by atoms with Gasteiger partial charge >= 0.3 is 0 Å². The van der Waals surface area contributed by atoms with E-state index in [0.717, 1.165) is 49.4 Å². The van der Waals surface area contributed by atoms with Gasteiger partial charge in [0.25, 0.3) is 0 Å². The van der Waals surface area contributed by atoms with E-state index >= 15 is 0 Å². The molecule has 2 aromatic heterocycles. The van der Waals surface area contributed by atoms with Crippen molar-refractivity contribution in [1.82, 2.24) is 4.98 Å². The van der Waals surface area contributed by atoms with Gasteiger partial charge in [-0.3, -0.25) is 0 Å². The number of aromatic nitrogens is 1. The van der Waals surface area contributed by atoms with Gasteiger partial charge < -0.3 is 9.32 Å². The van der Waals surface area contributed by atoms with Crippen molar-refractivity contribution in [2.24, 2.45) is 0 Å². The third kappa shape index (κ3) is 5.08. The topological polar surface area (TPSA) is 29.3 Å². The van der Waals surface area contributed by atoms with Crippen LogP contribution >= 0.6 is 11.3 Å². The van der Waals surface area contributed by atoms with Gasteiger partial charge in [-0.1, -0.05) is 133 Å². The molecule has 8 aromatic carbocycles. The predicted molar refractivity (Wildman–Crippen MR) is 215 cm³/mol. The minimum absolute atomic E-state index is 0.607. The van der Waals surface area contributed by atoms with Crippen LogP contribution in [0.3, 0.4) is 0 Å². The van der Waals surface area contributed by atoms with Gasteiger partial charge in [0.2, 0.25) is 5.89 Å². The van der Waals surface area contributed by atoms with Crippen molar-refractivity contribution in [1.29, 1.82) is 0 Å². The number of oxazole rings is 1. The standard InChI is InChI=1S/C47H30N2OS/c1-4-15-31(16-5-1)34-22-14-23-36(27-34)49(37-28-35-21-10-11-24-38(35)40(29-37)32-17-6-2-7-18-32)45-44-42(50-47(48-44)33-19-8-3-9-20-33)30-41-39-25-12-13-26-43(39)51-46(41)45/h1-30H. The van der Waals surface area contributed by atoms with Crippen LogP contribution in [0.4, 0.5) is 17.1 Å². The average molecular weight is 671 g/mol. The summed E-state index contributed by atoms with van der Waals surface area (Å²) >= 11 is 1.81. The fourth-order valence-corrected chi connectivity index (χ4v) is 8.50. The van der Waals surface area contributed by atoms with Gasteiger partial charge in [-0.15, -0.1) is 11.3 Å². The molecule has 0 atom stereocenters. The highest BCUT2D eigenvalue weighted by Gasteiger charge is 2.26. The number of hydrogen-bond donors (Lipinski definition) is 0. The number of hydrogen-bond acceptors (Lipinski definition) is 4. The first-order chi connectivity index (χ1) is 25.3. The molecule has 0 saturated heterocycles. The lowest BCUT2D eigenvalue weighted by atomic mass is 9.96. The van der Waals surface area contributed by atoms with E-state index in [0.29, 0.717) is 5.89 Å². The zero-order valence-corrected chi connectivity index (χ0v) is 28.3. The molecule has 0 saturated carbocycles. The molecule has 0 N–H and O–H groups in total. The van der Waals surface area contributed by atoms with Gasteiger partial charge in [0.15, 0.2) is 5.58 Å². The molecule has 51 heavy (non-hydrogen) atoms. The van der Waals surface area contributed by atoms with Crippen LogP contribution in [0.15, 0.2) is 186 Å². The zero-order valence-electron chi connectivity index (χ0n) is 27.5. The number of thiophene rings is 1. The Balaban J connectivity index is 1.34. The first kappa shape index (κ1) is 29.4. The van der Waals surface area contributed by atoms with Crippen LogP contribution in [0.5, 0.6) is 0 Å². The van der Waals surface area contributed by atoms with E-state index in [2.05, 4.69) is 169 Å². The Morgan fingerprint density at radius 3 is 1.90 bits per heavy atom. The summed E-state index contributed by atoms with van der Waals surface area (Å²) in [5, 5.41) is 4.74. The molecule has 2 heterocycles. The van der Waals surface area contributed by atoms with Gasteiger partial charge in [0.05, 0.1) is 10.4 Å². The molecule has 0 bridgehead atoms. The van der Waals surface area contributed by atoms with E-state index < -0.39 is 0 Å². The van der Waals surface area contributed by atoms with Crippen LogP contribution in [0.1, 0.15) is 0 Å². The summed E-state index contributed by atoms with van der Waals surface area (Å²) in [5.41, 5.74) is 10.3. The quantitative estimate of drug-likeness (QED) is 0.176. The summed E-state index contributed by atoms with van der Waals surface area (Å²) in [5.74, 6) is 0.607.